The standard InChI is InChI=1S/C11H18NO3/c1-10(2)6-8(9(13)15-5)7-11(3,4)12(10)14/h6H,7H2,1-5H3. The fraction of sp³-hybridized carbons (Fsp3) is 0.727. The Bertz CT molecular complexity index is 305. The topological polar surface area (TPSA) is 49.4 Å². The quantitative estimate of drug-likeness (QED) is 0.621. The highest BCUT2D eigenvalue weighted by Crippen LogP contribution is 2.36. The van der Waals surface area contributed by atoms with Gasteiger partial charge in [0.2, 0.25) is 0 Å². The molecule has 0 aromatic rings. The lowest BCUT2D eigenvalue weighted by Crippen LogP contribution is -2.55. The van der Waals surface area contributed by atoms with Crippen LogP contribution in [0.4, 0.5) is 0 Å². The lowest BCUT2D eigenvalue weighted by atomic mass is 9.83. The summed E-state index contributed by atoms with van der Waals surface area (Å²) >= 11 is 0. The highest BCUT2D eigenvalue weighted by molar-refractivity contribution is 5.89. The molecule has 1 aliphatic rings. The smallest absolute Gasteiger partial charge is 0.333 e. The van der Waals surface area contributed by atoms with Crippen molar-refractivity contribution in [2.75, 3.05) is 7.11 Å². The number of carbonyl (C=O) groups excluding carboxylic acids is 1. The van der Waals surface area contributed by atoms with E-state index in [1.165, 1.54) is 7.11 Å². The number of carbonyl (C=O) groups is 1. The average molecular weight is 212 g/mol. The Labute approximate surface area is 90.5 Å². The number of hydrogen-bond acceptors (Lipinski definition) is 3. The average Bonchev–Trinajstić information content (AvgIpc) is 2.11. The molecule has 0 amide bonds. The molecule has 15 heavy (non-hydrogen) atoms. The lowest BCUT2D eigenvalue weighted by Gasteiger charge is -2.44. The molecule has 0 N–H and O–H groups in total. The van der Waals surface area contributed by atoms with Gasteiger partial charge in [-0.1, -0.05) is 6.08 Å². The summed E-state index contributed by atoms with van der Waals surface area (Å²) in [5.41, 5.74) is -0.646. The van der Waals surface area contributed by atoms with Gasteiger partial charge < -0.3 is 4.74 Å². The highest BCUT2D eigenvalue weighted by Gasteiger charge is 2.43. The second kappa shape index (κ2) is 3.61. The third kappa shape index (κ3) is 2.21. The SMILES string of the molecule is COC(=O)C1=CC(C)(C)N([O])C(C)(C)C1. The summed E-state index contributed by atoms with van der Waals surface area (Å²) in [7, 11) is 1.35. The summed E-state index contributed by atoms with van der Waals surface area (Å²) in [6.07, 6.45) is 2.11. The van der Waals surface area contributed by atoms with E-state index in [9.17, 15) is 10.0 Å². The Kier molecular flexibility index (Phi) is 2.94. The van der Waals surface area contributed by atoms with Gasteiger partial charge in [0.05, 0.1) is 12.6 Å². The number of nitrogens with zero attached hydrogens (tertiary/aromatic N) is 1. The molecule has 0 spiro atoms. The summed E-state index contributed by atoms with van der Waals surface area (Å²) in [5, 5.41) is 13.0. The molecule has 0 aliphatic carbocycles. The first-order valence-electron chi connectivity index (χ1n) is 4.98. The lowest BCUT2D eigenvalue weighted by molar-refractivity contribution is -0.263. The number of rotatable bonds is 1. The normalized spacial score (nSPS) is 24.5. The van der Waals surface area contributed by atoms with E-state index in [1.807, 2.05) is 13.8 Å². The van der Waals surface area contributed by atoms with E-state index < -0.39 is 11.1 Å². The molecule has 1 rings (SSSR count). The molecule has 1 heterocycles. The van der Waals surface area contributed by atoms with E-state index in [0.717, 1.165) is 5.06 Å². The van der Waals surface area contributed by atoms with E-state index in [1.54, 1.807) is 19.9 Å². The minimum atomic E-state index is -0.661. The number of ether oxygens (including phenoxy) is 1. The van der Waals surface area contributed by atoms with Gasteiger partial charge in [0.1, 0.15) is 0 Å². The molecule has 1 aliphatic heterocycles. The molecule has 0 bridgehead atoms. The van der Waals surface area contributed by atoms with Crippen LogP contribution in [0.15, 0.2) is 11.6 Å². The molecule has 0 aromatic heterocycles. The van der Waals surface area contributed by atoms with Crippen molar-refractivity contribution in [3.05, 3.63) is 11.6 Å². The van der Waals surface area contributed by atoms with Gasteiger partial charge in [-0.2, -0.15) is 0 Å². The molecule has 0 saturated heterocycles. The molecule has 0 saturated carbocycles. The third-order valence-corrected chi connectivity index (χ3v) is 2.67. The number of hydroxylamine groups is 2. The molecule has 1 radical (unpaired) electrons. The summed E-state index contributed by atoms with van der Waals surface area (Å²) < 4.78 is 4.68. The molecule has 4 nitrogen and oxygen atoms in total. The van der Waals surface area contributed by atoms with Crippen LogP contribution in [-0.4, -0.2) is 29.2 Å². The fourth-order valence-electron chi connectivity index (χ4n) is 2.12. The molecular weight excluding hydrogens is 194 g/mol. The molecule has 85 valence electrons. The van der Waals surface area contributed by atoms with Crippen molar-refractivity contribution in [3.63, 3.8) is 0 Å². The zero-order chi connectivity index (χ0) is 11.9. The first-order chi connectivity index (χ1) is 6.70. The second-order valence-corrected chi connectivity index (χ2v) is 5.10. The number of esters is 1. The van der Waals surface area contributed by atoms with Crippen LogP contribution < -0.4 is 0 Å². The van der Waals surface area contributed by atoms with E-state index in [0.29, 0.717) is 12.0 Å². The zero-order valence-electron chi connectivity index (χ0n) is 9.96. The minimum absolute atomic E-state index is 0.343. The van der Waals surface area contributed by atoms with Gasteiger partial charge in [-0.05, 0) is 34.1 Å². The van der Waals surface area contributed by atoms with Gasteiger partial charge in [-0.3, -0.25) is 0 Å². The predicted molar refractivity (Wildman–Crippen MR) is 55.4 cm³/mol. The van der Waals surface area contributed by atoms with Crippen LogP contribution in [0.25, 0.3) is 0 Å². The number of hydrogen-bond donors (Lipinski definition) is 0. The van der Waals surface area contributed by atoms with Crippen molar-refractivity contribution in [1.82, 2.24) is 5.06 Å². The Morgan fingerprint density at radius 1 is 1.40 bits per heavy atom. The maximum absolute atomic E-state index is 11.9. The summed E-state index contributed by atoms with van der Waals surface area (Å²) in [4.78, 5) is 11.4. The molecule has 0 fully saturated rings. The van der Waals surface area contributed by atoms with Crippen LogP contribution in [0, 0.1) is 0 Å². The van der Waals surface area contributed by atoms with Crippen LogP contribution in [0.3, 0.4) is 0 Å². The van der Waals surface area contributed by atoms with Crippen molar-refractivity contribution in [2.24, 2.45) is 0 Å². The minimum Gasteiger partial charge on any atom is -0.466 e. The summed E-state index contributed by atoms with van der Waals surface area (Å²) in [5.74, 6) is -0.343. The van der Waals surface area contributed by atoms with Gasteiger partial charge in [0.15, 0.2) is 0 Å². The van der Waals surface area contributed by atoms with Crippen LogP contribution in [0.5, 0.6) is 0 Å². The summed E-state index contributed by atoms with van der Waals surface area (Å²) in [6, 6.07) is 0. The summed E-state index contributed by atoms with van der Waals surface area (Å²) in [6.45, 7) is 7.25. The second-order valence-electron chi connectivity index (χ2n) is 5.10. The van der Waals surface area contributed by atoms with Crippen LogP contribution >= 0.6 is 0 Å². The van der Waals surface area contributed by atoms with Crippen molar-refractivity contribution < 1.29 is 14.7 Å². The van der Waals surface area contributed by atoms with E-state index >= 15 is 0 Å². The van der Waals surface area contributed by atoms with Gasteiger partial charge in [-0.25, -0.2) is 4.79 Å². The first kappa shape index (κ1) is 12.2. The predicted octanol–water partition coefficient (Wildman–Crippen LogP) is 1.69. The fourth-order valence-corrected chi connectivity index (χ4v) is 2.12. The van der Waals surface area contributed by atoms with E-state index in [4.69, 9.17) is 0 Å². The van der Waals surface area contributed by atoms with Crippen LogP contribution in [-0.2, 0) is 14.7 Å². The van der Waals surface area contributed by atoms with Gasteiger partial charge in [-0.15, -0.1) is 10.3 Å². The molecule has 0 aromatic carbocycles. The van der Waals surface area contributed by atoms with Gasteiger partial charge >= 0.3 is 5.97 Å². The molecular formula is C11H18NO3. The maximum Gasteiger partial charge on any atom is 0.333 e. The third-order valence-electron chi connectivity index (χ3n) is 2.67. The zero-order valence-corrected chi connectivity index (χ0v) is 9.96. The number of methoxy groups -OCH3 is 1. The van der Waals surface area contributed by atoms with Gasteiger partial charge in [0.25, 0.3) is 0 Å². The van der Waals surface area contributed by atoms with Crippen molar-refractivity contribution in [2.45, 2.75) is 45.2 Å². The van der Waals surface area contributed by atoms with Gasteiger partial charge in [0, 0.05) is 11.1 Å². The van der Waals surface area contributed by atoms with Crippen LogP contribution in [0.2, 0.25) is 0 Å². The largest absolute Gasteiger partial charge is 0.466 e. The molecule has 0 atom stereocenters. The van der Waals surface area contributed by atoms with Crippen molar-refractivity contribution in [1.29, 1.82) is 0 Å². The Hall–Kier alpha value is -0.870. The van der Waals surface area contributed by atoms with Crippen molar-refractivity contribution in [3.8, 4) is 0 Å². The van der Waals surface area contributed by atoms with Crippen LogP contribution in [0.1, 0.15) is 34.1 Å². The Balaban J connectivity index is 3.09. The monoisotopic (exact) mass is 212 g/mol. The van der Waals surface area contributed by atoms with E-state index in [2.05, 4.69) is 4.74 Å². The maximum atomic E-state index is 11.9. The van der Waals surface area contributed by atoms with Crippen molar-refractivity contribution >= 4 is 5.97 Å². The molecule has 4 heteroatoms. The highest BCUT2D eigenvalue weighted by atomic mass is 16.5. The van der Waals surface area contributed by atoms with E-state index in [-0.39, 0.29) is 5.97 Å². The Morgan fingerprint density at radius 2 is 1.93 bits per heavy atom. The molecule has 0 unspecified atom stereocenters. The first-order valence-corrected chi connectivity index (χ1v) is 4.98. The Morgan fingerprint density at radius 3 is 2.33 bits per heavy atom.